The molecule has 1 N–H and O–H groups in total. The first-order valence-corrected chi connectivity index (χ1v) is 12.6. The Labute approximate surface area is 203 Å². The Morgan fingerprint density at radius 3 is 2.59 bits per heavy atom. The number of rotatable bonds is 8. The number of nitrogens with zero attached hydrogens (tertiary/aromatic N) is 4. The molecule has 4 rings (SSSR count). The highest BCUT2D eigenvalue weighted by molar-refractivity contribution is 8.00. The molecule has 4 aromatic rings. The molecule has 34 heavy (non-hydrogen) atoms. The molecule has 8 heteroatoms. The van der Waals surface area contributed by atoms with E-state index < -0.39 is 5.25 Å². The quantitative estimate of drug-likeness (QED) is 0.344. The number of unbranched alkanes of at least 4 members (excludes halogenated alkanes) is 1. The highest BCUT2D eigenvalue weighted by Gasteiger charge is 2.23. The lowest BCUT2D eigenvalue weighted by atomic mass is 9.98. The largest absolute Gasteiger partial charge is 0.325 e. The molecule has 2 heterocycles. The number of nitrogens with one attached hydrogen (secondary N) is 1. The van der Waals surface area contributed by atoms with Gasteiger partial charge in [-0.2, -0.15) is 0 Å². The fourth-order valence-corrected chi connectivity index (χ4v) is 4.96. The highest BCUT2D eigenvalue weighted by atomic mass is 32.2. The summed E-state index contributed by atoms with van der Waals surface area (Å²) < 4.78 is 3.59. The molecule has 0 saturated carbocycles. The summed E-state index contributed by atoms with van der Waals surface area (Å²) >= 11 is 1.34. The second-order valence-electron chi connectivity index (χ2n) is 8.89. The average Bonchev–Trinajstić information content (AvgIpc) is 3.23. The fourth-order valence-electron chi connectivity index (χ4n) is 4.11. The highest BCUT2D eigenvalue weighted by Crippen LogP contribution is 2.30. The summed E-state index contributed by atoms with van der Waals surface area (Å²) in [5.41, 5.74) is 3.71. The van der Waals surface area contributed by atoms with E-state index in [9.17, 15) is 9.59 Å². The van der Waals surface area contributed by atoms with Gasteiger partial charge in [-0.3, -0.25) is 18.6 Å². The van der Waals surface area contributed by atoms with Crippen LogP contribution >= 0.6 is 11.8 Å². The molecule has 0 radical (unpaired) electrons. The Kier molecular flexibility index (Phi) is 7.07. The lowest BCUT2D eigenvalue weighted by Crippen LogP contribution is -2.25. The van der Waals surface area contributed by atoms with E-state index in [2.05, 4.69) is 42.4 Å². The second kappa shape index (κ2) is 10.0. The van der Waals surface area contributed by atoms with Gasteiger partial charge < -0.3 is 5.32 Å². The first-order chi connectivity index (χ1) is 16.3. The number of aryl methyl sites for hydroxylation is 2. The van der Waals surface area contributed by atoms with Crippen molar-refractivity contribution in [2.45, 2.75) is 70.3 Å². The summed E-state index contributed by atoms with van der Waals surface area (Å²) in [5.74, 6) is 0.708. The van der Waals surface area contributed by atoms with Crippen molar-refractivity contribution in [1.82, 2.24) is 19.2 Å². The van der Waals surface area contributed by atoms with Crippen LogP contribution in [0, 0.1) is 6.92 Å². The zero-order valence-corrected chi connectivity index (χ0v) is 21.1. The second-order valence-corrected chi connectivity index (χ2v) is 10.2. The maximum absolute atomic E-state index is 13.2. The summed E-state index contributed by atoms with van der Waals surface area (Å²) in [7, 11) is 0. The van der Waals surface area contributed by atoms with Crippen molar-refractivity contribution in [1.29, 1.82) is 0 Å². The van der Waals surface area contributed by atoms with Crippen molar-refractivity contribution in [3.05, 3.63) is 63.9 Å². The van der Waals surface area contributed by atoms with E-state index in [-0.39, 0.29) is 11.5 Å². The molecule has 1 unspecified atom stereocenters. The van der Waals surface area contributed by atoms with Gasteiger partial charge in [-0.25, -0.2) is 0 Å². The van der Waals surface area contributed by atoms with E-state index in [1.54, 1.807) is 4.57 Å². The van der Waals surface area contributed by atoms with Crippen LogP contribution in [-0.4, -0.2) is 30.3 Å². The third kappa shape index (κ3) is 4.46. The van der Waals surface area contributed by atoms with Gasteiger partial charge in [0.15, 0.2) is 5.16 Å². The molecule has 0 aliphatic heterocycles. The minimum Gasteiger partial charge on any atom is -0.325 e. The molecular formula is C26H31N5O2S. The number of hydrogen-bond donors (Lipinski definition) is 1. The number of carbonyl (C=O) groups is 1. The zero-order chi connectivity index (χ0) is 24.4. The van der Waals surface area contributed by atoms with Crippen LogP contribution in [0.4, 0.5) is 5.69 Å². The molecule has 2 aromatic carbocycles. The topological polar surface area (TPSA) is 81.3 Å². The van der Waals surface area contributed by atoms with Crippen LogP contribution in [0.5, 0.6) is 0 Å². The smallest absolute Gasteiger partial charge is 0.262 e. The van der Waals surface area contributed by atoms with E-state index in [4.69, 9.17) is 0 Å². The number of hydrogen-bond acceptors (Lipinski definition) is 5. The van der Waals surface area contributed by atoms with Crippen molar-refractivity contribution >= 4 is 40.0 Å². The van der Waals surface area contributed by atoms with E-state index in [0.717, 1.165) is 35.2 Å². The van der Waals surface area contributed by atoms with Crippen molar-refractivity contribution in [3.8, 4) is 0 Å². The third-order valence-electron chi connectivity index (χ3n) is 6.04. The molecule has 178 valence electrons. The Bertz CT molecular complexity index is 1410. The van der Waals surface area contributed by atoms with Crippen molar-refractivity contribution in [3.63, 3.8) is 0 Å². The normalized spacial score (nSPS) is 12.5. The van der Waals surface area contributed by atoms with Crippen LogP contribution in [0.15, 0.2) is 52.4 Å². The molecule has 0 fully saturated rings. The number of thioether (sulfide) groups is 1. The number of aromatic nitrogens is 4. The van der Waals surface area contributed by atoms with Crippen LogP contribution in [-0.2, 0) is 11.3 Å². The molecule has 7 nitrogen and oxygen atoms in total. The molecule has 2 aromatic heterocycles. The number of para-hydroxylation sites is 2. The predicted molar refractivity (Wildman–Crippen MR) is 139 cm³/mol. The maximum Gasteiger partial charge on any atom is 0.262 e. The molecular weight excluding hydrogens is 446 g/mol. The average molecular weight is 478 g/mol. The molecule has 0 aliphatic carbocycles. The number of amides is 1. The van der Waals surface area contributed by atoms with Crippen LogP contribution in [0.3, 0.4) is 0 Å². The number of anilines is 1. The number of carbonyl (C=O) groups excluding carboxylic acids is 1. The van der Waals surface area contributed by atoms with Gasteiger partial charge in [-0.05, 0) is 49.4 Å². The number of benzene rings is 2. The van der Waals surface area contributed by atoms with Crippen LogP contribution in [0.1, 0.15) is 57.6 Å². The summed E-state index contributed by atoms with van der Waals surface area (Å²) in [6, 6.07) is 13.6. The predicted octanol–water partition coefficient (Wildman–Crippen LogP) is 5.40. The SMILES string of the molecule is CCCCn1c(=O)c2ccccc2n2c(SC(C)C(=O)Nc3c(C)cccc3C(C)C)nnc12. The lowest BCUT2D eigenvalue weighted by molar-refractivity contribution is -0.115. The molecule has 0 aliphatic rings. The van der Waals surface area contributed by atoms with Crippen LogP contribution in [0.25, 0.3) is 16.7 Å². The number of fused-ring (bicyclic) bond motifs is 3. The van der Waals surface area contributed by atoms with Gasteiger partial charge in [0.25, 0.3) is 5.56 Å². The minimum absolute atomic E-state index is 0.0629. The Balaban J connectivity index is 1.70. The van der Waals surface area contributed by atoms with E-state index in [0.29, 0.717) is 28.8 Å². The monoisotopic (exact) mass is 477 g/mol. The third-order valence-corrected chi connectivity index (χ3v) is 7.08. The van der Waals surface area contributed by atoms with Gasteiger partial charge in [0, 0.05) is 12.2 Å². The molecule has 1 amide bonds. The fraction of sp³-hybridized carbons (Fsp3) is 0.385. The van der Waals surface area contributed by atoms with E-state index in [1.807, 2.05) is 54.6 Å². The Morgan fingerprint density at radius 2 is 1.85 bits per heavy atom. The van der Waals surface area contributed by atoms with Gasteiger partial charge in [0.2, 0.25) is 11.7 Å². The van der Waals surface area contributed by atoms with E-state index in [1.165, 1.54) is 11.8 Å². The minimum atomic E-state index is -0.415. The molecule has 0 bridgehead atoms. The molecule has 0 saturated heterocycles. The van der Waals surface area contributed by atoms with Crippen molar-refractivity contribution in [2.75, 3.05) is 5.32 Å². The first-order valence-electron chi connectivity index (χ1n) is 11.8. The van der Waals surface area contributed by atoms with Gasteiger partial charge in [-0.1, -0.05) is 69.3 Å². The van der Waals surface area contributed by atoms with E-state index >= 15 is 0 Å². The summed E-state index contributed by atoms with van der Waals surface area (Å²) in [5, 5.41) is 12.7. The van der Waals surface area contributed by atoms with Crippen LogP contribution in [0.2, 0.25) is 0 Å². The Hall–Kier alpha value is -3.13. The first kappa shape index (κ1) is 24.0. The summed E-state index contributed by atoms with van der Waals surface area (Å²) in [6.45, 7) is 10.8. The zero-order valence-electron chi connectivity index (χ0n) is 20.3. The summed E-state index contributed by atoms with van der Waals surface area (Å²) in [6.07, 6.45) is 1.84. The van der Waals surface area contributed by atoms with Crippen LogP contribution < -0.4 is 10.9 Å². The summed E-state index contributed by atoms with van der Waals surface area (Å²) in [4.78, 5) is 26.3. The molecule has 1 atom stereocenters. The van der Waals surface area contributed by atoms with Gasteiger partial charge >= 0.3 is 0 Å². The van der Waals surface area contributed by atoms with Crippen molar-refractivity contribution in [2.24, 2.45) is 0 Å². The van der Waals surface area contributed by atoms with Gasteiger partial charge in [-0.15, -0.1) is 10.2 Å². The Morgan fingerprint density at radius 1 is 1.09 bits per heavy atom. The lowest BCUT2D eigenvalue weighted by Gasteiger charge is -2.18. The molecule has 0 spiro atoms. The van der Waals surface area contributed by atoms with Crippen molar-refractivity contribution < 1.29 is 4.79 Å². The maximum atomic E-state index is 13.2. The van der Waals surface area contributed by atoms with Gasteiger partial charge in [0.05, 0.1) is 16.2 Å². The van der Waals surface area contributed by atoms with Gasteiger partial charge in [0.1, 0.15) is 0 Å². The standard InChI is InChI=1S/C26H31N5O2S/c1-6-7-15-30-24(33)20-12-8-9-14-21(20)31-25(30)28-29-26(31)34-18(5)23(32)27-22-17(4)11-10-13-19(22)16(2)3/h8-14,16,18H,6-7,15H2,1-5H3,(H,27,32).